The van der Waals surface area contributed by atoms with Crippen molar-refractivity contribution in [1.82, 2.24) is 14.9 Å². The Morgan fingerprint density at radius 1 is 1.24 bits per heavy atom. The zero-order valence-electron chi connectivity index (χ0n) is 12.5. The van der Waals surface area contributed by atoms with Crippen LogP contribution in [0.15, 0.2) is 6.33 Å². The Labute approximate surface area is 133 Å². The summed E-state index contributed by atoms with van der Waals surface area (Å²) in [5.74, 6) is 0. The predicted octanol–water partition coefficient (Wildman–Crippen LogP) is 3.06. The molecule has 0 N–H and O–H groups in total. The highest BCUT2D eigenvalue weighted by molar-refractivity contribution is 6.35. The van der Waals surface area contributed by atoms with E-state index in [4.69, 9.17) is 27.9 Å². The van der Waals surface area contributed by atoms with E-state index in [-0.39, 0.29) is 15.9 Å². The van der Waals surface area contributed by atoms with Crippen LogP contribution in [0.1, 0.15) is 33.3 Å². The third-order valence-electron chi connectivity index (χ3n) is 2.85. The summed E-state index contributed by atoms with van der Waals surface area (Å²) in [7, 11) is 1.42. The van der Waals surface area contributed by atoms with Crippen LogP contribution in [-0.4, -0.2) is 39.9 Å². The summed E-state index contributed by atoms with van der Waals surface area (Å²) in [6.07, 6.45) is 1.04. The molecule has 1 rings (SSSR count). The summed E-state index contributed by atoms with van der Waals surface area (Å²) in [5, 5.41) is 0.0000161. The monoisotopic (exact) mass is 333 g/mol. The molecule has 1 aromatic rings. The number of aromatic nitrogens is 2. The average Bonchev–Trinajstić information content (AvgIpc) is 2.35. The molecule has 0 fully saturated rings. The van der Waals surface area contributed by atoms with E-state index in [2.05, 4.69) is 9.97 Å². The van der Waals surface area contributed by atoms with E-state index >= 15 is 0 Å². The minimum Gasteiger partial charge on any atom is -0.444 e. The Hall–Kier alpha value is -1.40. The van der Waals surface area contributed by atoms with E-state index in [1.54, 1.807) is 20.8 Å². The number of rotatable bonds is 3. The van der Waals surface area contributed by atoms with Crippen LogP contribution in [0.2, 0.25) is 10.3 Å². The molecule has 0 spiro atoms. The van der Waals surface area contributed by atoms with Gasteiger partial charge in [0.2, 0.25) is 0 Å². The molecule has 1 heterocycles. The Balaban J connectivity index is 3.27. The van der Waals surface area contributed by atoms with Crippen molar-refractivity contribution >= 4 is 35.6 Å². The molecule has 1 atom stereocenters. The molecule has 21 heavy (non-hydrogen) atoms. The zero-order chi connectivity index (χ0) is 16.4. The van der Waals surface area contributed by atoms with Gasteiger partial charge in [0.1, 0.15) is 34.1 Å². The Morgan fingerprint density at radius 3 is 2.10 bits per heavy atom. The van der Waals surface area contributed by atoms with Gasteiger partial charge >= 0.3 is 6.09 Å². The highest BCUT2D eigenvalue weighted by Crippen LogP contribution is 2.34. The lowest BCUT2D eigenvalue weighted by atomic mass is 9.95. The Bertz CT molecular complexity index is 540. The van der Waals surface area contributed by atoms with Crippen molar-refractivity contribution in [3.05, 3.63) is 22.2 Å². The largest absolute Gasteiger partial charge is 0.444 e. The fourth-order valence-corrected chi connectivity index (χ4v) is 2.29. The first-order valence-corrected chi connectivity index (χ1v) is 6.88. The van der Waals surface area contributed by atoms with Gasteiger partial charge in [-0.3, -0.25) is 4.90 Å². The molecule has 0 aliphatic carbocycles. The summed E-state index contributed by atoms with van der Waals surface area (Å²) in [5.41, 5.74) is -2.00. The quantitative estimate of drug-likeness (QED) is 0.627. The van der Waals surface area contributed by atoms with Gasteiger partial charge in [0.25, 0.3) is 0 Å². The van der Waals surface area contributed by atoms with Gasteiger partial charge in [0.15, 0.2) is 0 Å². The number of hydrogen-bond acceptors (Lipinski definition) is 5. The third kappa shape index (κ3) is 3.83. The first kappa shape index (κ1) is 17.7. The summed E-state index contributed by atoms with van der Waals surface area (Å²) >= 11 is 12.0. The average molecular weight is 334 g/mol. The van der Waals surface area contributed by atoms with Gasteiger partial charge in [0.05, 0.1) is 5.56 Å². The fourth-order valence-electron chi connectivity index (χ4n) is 1.59. The van der Waals surface area contributed by atoms with Crippen LogP contribution in [0, 0.1) is 0 Å². The predicted molar refractivity (Wildman–Crippen MR) is 79.5 cm³/mol. The van der Waals surface area contributed by atoms with E-state index in [1.807, 2.05) is 0 Å². The standard InChI is InChI=1S/C13H17Cl2N3O3/c1-12(2,3)21-11(20)18(5)13(4,6-19)8-9(14)16-7-17-10(8)15/h6-7H,1-5H3. The number of carbonyl (C=O) groups is 2. The molecule has 0 aliphatic rings. The molecule has 0 saturated heterocycles. The molecule has 0 aliphatic heterocycles. The second-order valence-electron chi connectivity index (χ2n) is 5.64. The Morgan fingerprint density at radius 2 is 1.71 bits per heavy atom. The van der Waals surface area contributed by atoms with Crippen molar-refractivity contribution in [3.8, 4) is 0 Å². The van der Waals surface area contributed by atoms with Crippen molar-refractivity contribution in [2.45, 2.75) is 38.8 Å². The lowest BCUT2D eigenvalue weighted by Crippen LogP contribution is -2.48. The number of nitrogens with zero attached hydrogens (tertiary/aromatic N) is 3. The van der Waals surface area contributed by atoms with Gasteiger partial charge in [-0.2, -0.15) is 0 Å². The maximum absolute atomic E-state index is 12.2. The van der Waals surface area contributed by atoms with E-state index < -0.39 is 17.2 Å². The molecule has 0 radical (unpaired) electrons. The molecule has 0 bridgehead atoms. The van der Waals surface area contributed by atoms with Gasteiger partial charge in [-0.15, -0.1) is 0 Å². The van der Waals surface area contributed by atoms with Crippen molar-refractivity contribution in [1.29, 1.82) is 0 Å². The number of aldehydes is 1. The van der Waals surface area contributed by atoms with E-state index in [0.717, 1.165) is 4.90 Å². The number of halogens is 2. The van der Waals surface area contributed by atoms with Gasteiger partial charge < -0.3 is 9.53 Å². The molecule has 1 amide bonds. The second kappa shape index (κ2) is 6.15. The molecule has 6 nitrogen and oxygen atoms in total. The lowest BCUT2D eigenvalue weighted by molar-refractivity contribution is -0.117. The van der Waals surface area contributed by atoms with Crippen molar-refractivity contribution < 1.29 is 14.3 Å². The van der Waals surface area contributed by atoms with Gasteiger partial charge in [0, 0.05) is 7.05 Å². The number of ether oxygens (including phenoxy) is 1. The summed E-state index contributed by atoms with van der Waals surface area (Å²) in [6, 6.07) is 0. The van der Waals surface area contributed by atoms with Crippen molar-refractivity contribution in [2.75, 3.05) is 7.05 Å². The minimum absolute atomic E-state index is 0.00000803. The van der Waals surface area contributed by atoms with Crippen LogP contribution < -0.4 is 0 Å². The van der Waals surface area contributed by atoms with E-state index in [9.17, 15) is 9.59 Å². The highest BCUT2D eigenvalue weighted by Gasteiger charge is 2.40. The maximum Gasteiger partial charge on any atom is 0.411 e. The topological polar surface area (TPSA) is 72.4 Å². The normalized spacial score (nSPS) is 14.2. The van der Waals surface area contributed by atoms with Crippen LogP contribution in [0.5, 0.6) is 0 Å². The van der Waals surface area contributed by atoms with Gasteiger partial charge in [-0.25, -0.2) is 14.8 Å². The van der Waals surface area contributed by atoms with Crippen LogP contribution in [-0.2, 0) is 15.1 Å². The first-order chi connectivity index (χ1) is 9.53. The van der Waals surface area contributed by atoms with Crippen molar-refractivity contribution in [2.24, 2.45) is 0 Å². The van der Waals surface area contributed by atoms with Crippen LogP contribution in [0.25, 0.3) is 0 Å². The van der Waals surface area contributed by atoms with Crippen LogP contribution in [0.3, 0.4) is 0 Å². The molecule has 1 unspecified atom stereocenters. The Kier molecular flexibility index (Phi) is 5.17. The molecular weight excluding hydrogens is 317 g/mol. The summed E-state index contributed by atoms with van der Waals surface area (Å²) < 4.78 is 5.25. The number of hydrogen-bond donors (Lipinski definition) is 0. The molecular formula is C13H17Cl2N3O3. The SMILES string of the molecule is CN(C(=O)OC(C)(C)C)C(C)(C=O)c1c(Cl)ncnc1Cl. The molecule has 0 aromatic carbocycles. The summed E-state index contributed by atoms with van der Waals surface area (Å²) in [6.45, 7) is 6.66. The molecule has 116 valence electrons. The summed E-state index contributed by atoms with van der Waals surface area (Å²) in [4.78, 5) is 32.5. The lowest BCUT2D eigenvalue weighted by Gasteiger charge is -2.35. The highest BCUT2D eigenvalue weighted by atomic mass is 35.5. The number of amides is 1. The second-order valence-corrected chi connectivity index (χ2v) is 6.35. The van der Waals surface area contributed by atoms with Crippen LogP contribution in [0.4, 0.5) is 4.79 Å². The van der Waals surface area contributed by atoms with Crippen molar-refractivity contribution in [3.63, 3.8) is 0 Å². The van der Waals surface area contributed by atoms with Crippen LogP contribution >= 0.6 is 23.2 Å². The molecule has 1 aromatic heterocycles. The van der Waals surface area contributed by atoms with E-state index in [1.165, 1.54) is 20.3 Å². The first-order valence-electron chi connectivity index (χ1n) is 6.12. The molecule has 8 heteroatoms. The third-order valence-corrected chi connectivity index (χ3v) is 3.43. The van der Waals surface area contributed by atoms with Gasteiger partial charge in [-0.05, 0) is 27.7 Å². The fraction of sp³-hybridized carbons (Fsp3) is 0.538. The molecule has 0 saturated carbocycles. The maximum atomic E-state index is 12.2. The number of carbonyl (C=O) groups excluding carboxylic acids is 2. The minimum atomic E-state index is -1.45. The smallest absolute Gasteiger partial charge is 0.411 e. The number of likely N-dealkylation sites (N-methyl/N-ethyl adjacent to an activating group) is 1. The van der Waals surface area contributed by atoms with E-state index in [0.29, 0.717) is 6.29 Å². The zero-order valence-corrected chi connectivity index (χ0v) is 14.0. The van der Waals surface area contributed by atoms with Gasteiger partial charge in [-0.1, -0.05) is 23.2 Å².